The first kappa shape index (κ1) is 10.8. The molecule has 0 radical (unpaired) electrons. The maximum Gasteiger partial charge on any atom is 0.129 e. The Morgan fingerprint density at radius 1 is 1.29 bits per heavy atom. The van der Waals surface area contributed by atoms with Gasteiger partial charge in [0.15, 0.2) is 0 Å². The van der Waals surface area contributed by atoms with Gasteiger partial charge in [-0.3, -0.25) is 0 Å². The SMILES string of the molecule is ClC1=NC2=C(C=CCC2)NC1C1C=CC=CC1. The largest absolute Gasteiger partial charge is 0.374 e. The lowest BCUT2D eigenvalue weighted by Crippen LogP contribution is -2.42. The fourth-order valence-electron chi connectivity index (χ4n) is 2.46. The molecule has 1 heterocycles. The molecule has 3 heteroatoms. The third-order valence-corrected chi connectivity index (χ3v) is 3.71. The normalized spacial score (nSPS) is 31.0. The first-order chi connectivity index (χ1) is 8.34. The van der Waals surface area contributed by atoms with Crippen molar-refractivity contribution >= 4 is 16.8 Å². The zero-order valence-corrected chi connectivity index (χ0v) is 10.3. The van der Waals surface area contributed by atoms with E-state index in [-0.39, 0.29) is 6.04 Å². The molecule has 0 aromatic carbocycles. The van der Waals surface area contributed by atoms with Gasteiger partial charge < -0.3 is 5.32 Å². The van der Waals surface area contributed by atoms with Crippen LogP contribution in [0.15, 0.2) is 52.8 Å². The minimum atomic E-state index is 0.124. The summed E-state index contributed by atoms with van der Waals surface area (Å²) in [6.45, 7) is 0. The van der Waals surface area contributed by atoms with Gasteiger partial charge in [-0.1, -0.05) is 42.0 Å². The molecule has 2 atom stereocenters. The Kier molecular flexibility index (Phi) is 2.89. The summed E-state index contributed by atoms with van der Waals surface area (Å²) in [5.74, 6) is 0.403. The molecule has 3 rings (SSSR count). The Morgan fingerprint density at radius 3 is 3.06 bits per heavy atom. The van der Waals surface area contributed by atoms with Crippen LogP contribution in [0.1, 0.15) is 19.3 Å². The van der Waals surface area contributed by atoms with Gasteiger partial charge in [-0.05, 0) is 25.3 Å². The van der Waals surface area contributed by atoms with Gasteiger partial charge in [0.2, 0.25) is 0 Å². The lowest BCUT2D eigenvalue weighted by atomic mass is 9.91. The predicted molar refractivity (Wildman–Crippen MR) is 72.0 cm³/mol. The van der Waals surface area contributed by atoms with E-state index in [1.165, 1.54) is 0 Å². The summed E-state index contributed by atoms with van der Waals surface area (Å²) < 4.78 is 0. The second-order valence-corrected chi connectivity index (χ2v) is 4.96. The van der Waals surface area contributed by atoms with Crippen molar-refractivity contribution in [2.75, 3.05) is 0 Å². The summed E-state index contributed by atoms with van der Waals surface area (Å²) in [4.78, 5) is 4.55. The Labute approximate surface area is 106 Å². The molecular formula is C14H15ClN2. The van der Waals surface area contributed by atoms with E-state index in [1.54, 1.807) is 0 Å². The smallest absolute Gasteiger partial charge is 0.129 e. The Balaban J connectivity index is 1.84. The molecule has 1 aliphatic heterocycles. The molecule has 0 spiro atoms. The van der Waals surface area contributed by atoms with Crippen LogP contribution >= 0.6 is 11.6 Å². The predicted octanol–water partition coefficient (Wildman–Crippen LogP) is 3.29. The molecule has 0 aromatic rings. The van der Waals surface area contributed by atoms with Crippen molar-refractivity contribution in [3.63, 3.8) is 0 Å². The highest BCUT2D eigenvalue weighted by molar-refractivity contribution is 6.67. The molecule has 2 unspecified atom stereocenters. The molecule has 17 heavy (non-hydrogen) atoms. The molecule has 1 N–H and O–H groups in total. The van der Waals surface area contributed by atoms with Crippen molar-refractivity contribution in [3.05, 3.63) is 47.9 Å². The van der Waals surface area contributed by atoms with Gasteiger partial charge in [-0.2, -0.15) is 0 Å². The van der Waals surface area contributed by atoms with E-state index in [0.717, 1.165) is 30.7 Å². The standard InChI is InChI=1S/C14H15ClN2/c15-14-13(10-6-2-1-3-7-10)16-11-8-4-5-9-12(11)17-14/h1-4,6,8,10,13,16H,5,7,9H2. The van der Waals surface area contributed by atoms with Crippen LogP contribution in [0.25, 0.3) is 0 Å². The van der Waals surface area contributed by atoms with E-state index in [1.807, 2.05) is 0 Å². The van der Waals surface area contributed by atoms with Crippen LogP contribution in [-0.4, -0.2) is 11.2 Å². The van der Waals surface area contributed by atoms with Crippen LogP contribution in [0.2, 0.25) is 0 Å². The molecule has 0 saturated carbocycles. The monoisotopic (exact) mass is 246 g/mol. The number of rotatable bonds is 1. The minimum Gasteiger partial charge on any atom is -0.374 e. The molecule has 2 aliphatic carbocycles. The summed E-state index contributed by atoms with van der Waals surface area (Å²) in [7, 11) is 0. The van der Waals surface area contributed by atoms with Gasteiger partial charge in [0.25, 0.3) is 0 Å². The second-order valence-electron chi connectivity index (χ2n) is 4.57. The van der Waals surface area contributed by atoms with Crippen molar-refractivity contribution < 1.29 is 0 Å². The Bertz CT molecular complexity index is 469. The van der Waals surface area contributed by atoms with Crippen LogP contribution in [0, 0.1) is 5.92 Å². The Morgan fingerprint density at radius 2 is 2.24 bits per heavy atom. The molecule has 3 aliphatic rings. The number of aliphatic imine (C=N–C) groups is 1. The number of nitrogens with zero attached hydrogens (tertiary/aromatic N) is 1. The summed E-state index contributed by atoms with van der Waals surface area (Å²) in [5.41, 5.74) is 2.25. The highest BCUT2D eigenvalue weighted by atomic mass is 35.5. The molecule has 88 valence electrons. The van der Waals surface area contributed by atoms with Gasteiger partial charge in [-0.15, -0.1) is 0 Å². The molecule has 2 nitrogen and oxygen atoms in total. The fourth-order valence-corrected chi connectivity index (χ4v) is 2.77. The maximum atomic E-state index is 6.31. The zero-order valence-electron chi connectivity index (χ0n) is 9.57. The van der Waals surface area contributed by atoms with Crippen LogP contribution in [0.5, 0.6) is 0 Å². The van der Waals surface area contributed by atoms with Crippen molar-refractivity contribution in [2.45, 2.75) is 25.3 Å². The van der Waals surface area contributed by atoms with Gasteiger partial charge >= 0.3 is 0 Å². The third-order valence-electron chi connectivity index (χ3n) is 3.39. The summed E-state index contributed by atoms with van der Waals surface area (Å²) in [6, 6.07) is 0.124. The highest BCUT2D eigenvalue weighted by Gasteiger charge is 2.28. The van der Waals surface area contributed by atoms with E-state index in [2.05, 4.69) is 46.8 Å². The number of hydrogen-bond acceptors (Lipinski definition) is 2. The van der Waals surface area contributed by atoms with Crippen LogP contribution in [0.4, 0.5) is 0 Å². The average Bonchev–Trinajstić information content (AvgIpc) is 2.39. The number of allylic oxidation sites excluding steroid dienone is 6. The molecule has 0 fully saturated rings. The Hall–Kier alpha value is -1.28. The first-order valence-electron chi connectivity index (χ1n) is 6.08. The van der Waals surface area contributed by atoms with Crippen LogP contribution in [-0.2, 0) is 0 Å². The summed E-state index contributed by atoms with van der Waals surface area (Å²) in [5, 5.41) is 4.22. The van der Waals surface area contributed by atoms with Crippen molar-refractivity contribution in [3.8, 4) is 0 Å². The van der Waals surface area contributed by atoms with E-state index in [0.29, 0.717) is 11.1 Å². The molecule has 0 bridgehead atoms. The maximum absolute atomic E-state index is 6.31. The molecule has 0 aromatic heterocycles. The van der Waals surface area contributed by atoms with Crippen LogP contribution < -0.4 is 5.32 Å². The van der Waals surface area contributed by atoms with E-state index in [4.69, 9.17) is 11.6 Å². The lowest BCUT2D eigenvalue weighted by molar-refractivity contribution is 0.530. The quantitative estimate of drug-likeness (QED) is 0.754. The van der Waals surface area contributed by atoms with E-state index < -0.39 is 0 Å². The van der Waals surface area contributed by atoms with Gasteiger partial charge in [0.1, 0.15) is 5.17 Å². The topological polar surface area (TPSA) is 24.4 Å². The van der Waals surface area contributed by atoms with Gasteiger partial charge in [0, 0.05) is 5.92 Å². The van der Waals surface area contributed by atoms with Gasteiger partial charge in [-0.25, -0.2) is 4.99 Å². The third kappa shape index (κ3) is 2.09. The first-order valence-corrected chi connectivity index (χ1v) is 6.46. The molecule has 0 saturated heterocycles. The summed E-state index contributed by atoms with van der Waals surface area (Å²) >= 11 is 6.31. The highest BCUT2D eigenvalue weighted by Crippen LogP contribution is 2.28. The average molecular weight is 247 g/mol. The van der Waals surface area contributed by atoms with Crippen molar-refractivity contribution in [1.82, 2.24) is 5.32 Å². The van der Waals surface area contributed by atoms with Gasteiger partial charge in [0.05, 0.1) is 17.4 Å². The summed E-state index contributed by atoms with van der Waals surface area (Å²) in [6.07, 6.45) is 15.9. The molecular weight excluding hydrogens is 232 g/mol. The number of nitrogens with one attached hydrogen (secondary N) is 1. The molecule has 0 amide bonds. The van der Waals surface area contributed by atoms with Crippen molar-refractivity contribution in [1.29, 1.82) is 0 Å². The number of hydrogen-bond donors (Lipinski definition) is 1. The van der Waals surface area contributed by atoms with E-state index >= 15 is 0 Å². The number of halogens is 1. The fraction of sp³-hybridized carbons (Fsp3) is 0.357. The van der Waals surface area contributed by atoms with Crippen LogP contribution in [0.3, 0.4) is 0 Å². The van der Waals surface area contributed by atoms with Crippen molar-refractivity contribution in [2.24, 2.45) is 10.9 Å². The lowest BCUT2D eigenvalue weighted by Gasteiger charge is -2.31. The zero-order chi connectivity index (χ0) is 11.7. The second kappa shape index (κ2) is 4.53. The minimum absolute atomic E-state index is 0.124. The van der Waals surface area contributed by atoms with E-state index in [9.17, 15) is 0 Å².